The highest BCUT2D eigenvalue weighted by Gasteiger charge is 2.44. The number of aliphatic hydroxyl groups is 1. The van der Waals surface area contributed by atoms with E-state index in [2.05, 4.69) is 4.98 Å². The number of thiazole rings is 1. The van der Waals surface area contributed by atoms with Gasteiger partial charge < -0.3 is 19.5 Å². The van der Waals surface area contributed by atoms with E-state index in [0.717, 1.165) is 11.1 Å². The Morgan fingerprint density at radius 1 is 1.02 bits per heavy atom. The zero-order chi connectivity index (χ0) is 28.4. The maximum absolute atomic E-state index is 14.1. The molecule has 0 saturated heterocycles. The van der Waals surface area contributed by atoms with E-state index >= 15 is 0 Å². The zero-order valence-corrected chi connectivity index (χ0v) is 23.0. The van der Waals surface area contributed by atoms with Crippen molar-refractivity contribution in [1.29, 1.82) is 0 Å². The van der Waals surface area contributed by atoms with Crippen LogP contribution in [0.25, 0.3) is 10.6 Å². The number of ether oxygens (including phenoxy) is 2. The third kappa shape index (κ3) is 5.08. The number of benzene rings is 3. The Labute approximate surface area is 235 Å². The molecule has 0 spiro atoms. The number of nitrogens with zero attached hydrogens (tertiary/aromatic N) is 2. The molecule has 1 aliphatic rings. The molecule has 0 fully saturated rings. The molecule has 1 N–H and O–H groups in total. The van der Waals surface area contributed by atoms with Crippen molar-refractivity contribution in [3.05, 3.63) is 112 Å². The summed E-state index contributed by atoms with van der Waals surface area (Å²) in [5, 5.41) is 11.8. The molecule has 0 aliphatic carbocycles. The van der Waals surface area contributed by atoms with Crippen LogP contribution in [0.3, 0.4) is 0 Å². The van der Waals surface area contributed by atoms with Crippen LogP contribution in [0.2, 0.25) is 0 Å². The molecule has 9 heteroatoms. The fraction of sp³-hybridized carbons (Fsp3) is 0.194. The maximum Gasteiger partial charge on any atom is 0.290 e. The molecule has 2 heterocycles. The van der Waals surface area contributed by atoms with Crippen molar-refractivity contribution in [2.24, 2.45) is 0 Å². The van der Waals surface area contributed by atoms with Gasteiger partial charge >= 0.3 is 0 Å². The Hall–Kier alpha value is -4.50. The molecule has 1 unspecified atom stereocenters. The van der Waals surface area contributed by atoms with E-state index in [-0.39, 0.29) is 17.9 Å². The second-order valence-electron chi connectivity index (χ2n) is 9.28. The number of hydrogen-bond acceptors (Lipinski definition) is 7. The highest BCUT2D eigenvalue weighted by Crippen LogP contribution is 2.43. The number of aromatic nitrogens is 1. The third-order valence-corrected chi connectivity index (χ3v) is 8.06. The molecule has 4 aromatic rings. The number of hydrogen-bond donors (Lipinski definition) is 1. The number of aryl methyl sites for hydroxylation is 1. The molecule has 40 heavy (non-hydrogen) atoms. The SMILES string of the molecule is COc1ccc(C2C(C(=O)c3sc(-c4ccccc4)nc3C)=C(O)C(=O)N2CCc2ccc(F)cc2)cc1OC. The number of aliphatic hydroxyl groups excluding tert-OH is 1. The minimum absolute atomic E-state index is 0.0253. The summed E-state index contributed by atoms with van der Waals surface area (Å²) in [6, 6.07) is 19.7. The summed E-state index contributed by atoms with van der Waals surface area (Å²) in [7, 11) is 3.02. The van der Waals surface area contributed by atoms with Crippen LogP contribution in [0.5, 0.6) is 11.5 Å². The van der Waals surface area contributed by atoms with E-state index in [9.17, 15) is 19.1 Å². The Balaban J connectivity index is 1.56. The fourth-order valence-corrected chi connectivity index (χ4v) is 5.85. The predicted octanol–water partition coefficient (Wildman–Crippen LogP) is 6.10. The molecular formula is C31H27FN2O5S. The lowest BCUT2D eigenvalue weighted by Crippen LogP contribution is -2.33. The monoisotopic (exact) mass is 558 g/mol. The van der Waals surface area contributed by atoms with Crippen LogP contribution in [-0.4, -0.2) is 47.4 Å². The Kier molecular flexibility index (Phi) is 7.66. The second kappa shape index (κ2) is 11.3. The van der Waals surface area contributed by atoms with Crippen LogP contribution in [-0.2, 0) is 11.2 Å². The van der Waals surface area contributed by atoms with Gasteiger partial charge in [0.05, 0.1) is 36.4 Å². The van der Waals surface area contributed by atoms with E-state index in [1.165, 1.54) is 42.6 Å². The van der Waals surface area contributed by atoms with Crippen LogP contribution >= 0.6 is 11.3 Å². The molecule has 5 rings (SSSR count). The molecule has 0 radical (unpaired) electrons. The lowest BCUT2D eigenvalue weighted by molar-refractivity contribution is -0.129. The van der Waals surface area contributed by atoms with Crippen molar-refractivity contribution in [3.63, 3.8) is 0 Å². The van der Waals surface area contributed by atoms with E-state index in [1.54, 1.807) is 37.3 Å². The second-order valence-corrected chi connectivity index (χ2v) is 10.3. The number of rotatable bonds is 9. The Morgan fingerprint density at radius 3 is 2.40 bits per heavy atom. The van der Waals surface area contributed by atoms with Gasteiger partial charge in [0, 0.05) is 12.1 Å². The molecule has 1 aliphatic heterocycles. The average molecular weight is 559 g/mol. The fourth-order valence-electron chi connectivity index (χ4n) is 4.82. The van der Waals surface area contributed by atoms with Gasteiger partial charge in [0.2, 0.25) is 5.78 Å². The number of Topliss-reactive ketones (excluding diaryl/α,β-unsaturated/α-hetero) is 1. The predicted molar refractivity (Wildman–Crippen MR) is 150 cm³/mol. The van der Waals surface area contributed by atoms with E-state index in [0.29, 0.717) is 39.1 Å². The van der Waals surface area contributed by atoms with Crippen LogP contribution in [0, 0.1) is 12.7 Å². The summed E-state index contributed by atoms with van der Waals surface area (Å²) in [6.45, 7) is 1.92. The Morgan fingerprint density at radius 2 is 1.73 bits per heavy atom. The summed E-state index contributed by atoms with van der Waals surface area (Å²) >= 11 is 1.22. The highest BCUT2D eigenvalue weighted by atomic mass is 32.1. The molecule has 3 aromatic carbocycles. The number of ketones is 1. The standard InChI is InChI=1S/C31H27FN2O5S/c1-18-29(40-30(33-18)20-7-5-4-6-8-20)27(35)25-26(21-11-14-23(38-2)24(17-21)39-3)34(31(37)28(25)36)16-15-19-9-12-22(32)13-10-19/h4-14,17,26,36H,15-16H2,1-3H3. The van der Waals surface area contributed by atoms with Gasteiger partial charge in [-0.15, -0.1) is 11.3 Å². The van der Waals surface area contributed by atoms with Gasteiger partial charge in [-0.1, -0.05) is 48.5 Å². The number of amides is 1. The van der Waals surface area contributed by atoms with Crippen molar-refractivity contribution in [1.82, 2.24) is 9.88 Å². The van der Waals surface area contributed by atoms with Gasteiger partial charge in [0.25, 0.3) is 5.91 Å². The molecule has 204 valence electrons. The lowest BCUT2D eigenvalue weighted by Gasteiger charge is -2.27. The summed E-state index contributed by atoms with van der Waals surface area (Å²) in [5.41, 5.74) is 2.74. The van der Waals surface area contributed by atoms with E-state index in [1.807, 2.05) is 30.3 Å². The van der Waals surface area contributed by atoms with E-state index in [4.69, 9.17) is 9.47 Å². The molecule has 1 atom stereocenters. The van der Waals surface area contributed by atoms with Crippen LogP contribution in [0.1, 0.15) is 32.5 Å². The largest absolute Gasteiger partial charge is 0.503 e. The summed E-state index contributed by atoms with van der Waals surface area (Å²) < 4.78 is 24.3. The van der Waals surface area contributed by atoms with Gasteiger partial charge in [-0.2, -0.15) is 0 Å². The first-order valence-corrected chi connectivity index (χ1v) is 13.4. The van der Waals surface area contributed by atoms with Gasteiger partial charge in [0.1, 0.15) is 10.8 Å². The van der Waals surface area contributed by atoms with E-state index < -0.39 is 23.5 Å². The first-order chi connectivity index (χ1) is 19.3. The summed E-state index contributed by atoms with van der Waals surface area (Å²) in [5.74, 6) is -1.17. The first-order valence-electron chi connectivity index (χ1n) is 12.6. The average Bonchev–Trinajstić information content (AvgIpc) is 3.49. The van der Waals surface area contributed by atoms with Crippen molar-refractivity contribution in [2.45, 2.75) is 19.4 Å². The summed E-state index contributed by atoms with van der Waals surface area (Å²) in [4.78, 5) is 33.9. The van der Waals surface area contributed by atoms with Crippen LogP contribution in [0.15, 0.2) is 84.1 Å². The maximum atomic E-state index is 14.1. The number of carbonyl (C=O) groups is 2. The summed E-state index contributed by atoms with van der Waals surface area (Å²) in [6.07, 6.45) is 0.391. The van der Waals surface area contributed by atoms with Crippen molar-refractivity contribution >= 4 is 23.0 Å². The van der Waals surface area contributed by atoms with Crippen molar-refractivity contribution in [2.75, 3.05) is 20.8 Å². The minimum atomic E-state index is -0.887. The molecule has 0 bridgehead atoms. The zero-order valence-electron chi connectivity index (χ0n) is 22.2. The quantitative estimate of drug-likeness (QED) is 0.250. The minimum Gasteiger partial charge on any atom is -0.503 e. The van der Waals surface area contributed by atoms with Crippen molar-refractivity contribution in [3.8, 4) is 22.1 Å². The van der Waals surface area contributed by atoms with Gasteiger partial charge in [-0.3, -0.25) is 9.59 Å². The Bertz CT molecular complexity index is 1600. The molecular weight excluding hydrogens is 531 g/mol. The van der Waals surface area contributed by atoms with Gasteiger partial charge in [0.15, 0.2) is 17.3 Å². The number of methoxy groups -OCH3 is 2. The molecule has 0 saturated carbocycles. The molecule has 1 amide bonds. The van der Waals surface area contributed by atoms with Crippen LogP contribution < -0.4 is 9.47 Å². The first kappa shape index (κ1) is 27.1. The molecule has 1 aromatic heterocycles. The van der Waals surface area contributed by atoms with Gasteiger partial charge in [-0.25, -0.2) is 9.37 Å². The lowest BCUT2D eigenvalue weighted by atomic mass is 9.94. The van der Waals surface area contributed by atoms with Gasteiger partial charge in [-0.05, 0) is 48.7 Å². The third-order valence-electron chi connectivity index (χ3n) is 6.85. The highest BCUT2D eigenvalue weighted by molar-refractivity contribution is 7.17. The molecule has 7 nitrogen and oxygen atoms in total. The smallest absolute Gasteiger partial charge is 0.290 e. The van der Waals surface area contributed by atoms with Crippen LogP contribution in [0.4, 0.5) is 4.39 Å². The van der Waals surface area contributed by atoms with Crippen molar-refractivity contribution < 1.29 is 28.6 Å². The number of halogens is 1. The number of carbonyl (C=O) groups excluding carboxylic acids is 2. The topological polar surface area (TPSA) is 89.0 Å². The normalized spacial score (nSPS) is 15.1.